The quantitative estimate of drug-likeness (QED) is 0.631. The number of carbonyl (C=O) groups is 1. The van der Waals surface area contributed by atoms with Crippen molar-refractivity contribution in [3.05, 3.63) is 11.6 Å². The number of hydrogen-bond donors (Lipinski definition) is 0. The first-order chi connectivity index (χ1) is 6.69. The van der Waals surface area contributed by atoms with E-state index in [2.05, 4.69) is 19.9 Å². The van der Waals surface area contributed by atoms with Crippen LogP contribution < -0.4 is 0 Å². The lowest BCUT2D eigenvalue weighted by molar-refractivity contribution is -0.136. The average molecular weight is 194 g/mol. The molecule has 0 saturated heterocycles. The van der Waals surface area contributed by atoms with Crippen LogP contribution in [0.25, 0.3) is 0 Å². The second kappa shape index (κ2) is 3.41. The lowest BCUT2D eigenvalue weighted by atomic mass is 9.58. The van der Waals surface area contributed by atoms with Gasteiger partial charge in [0.05, 0.1) is 7.11 Å². The Kier molecular flexibility index (Phi) is 2.38. The molecule has 14 heavy (non-hydrogen) atoms. The number of rotatable bonds is 2. The molecule has 0 spiro atoms. The standard InChI is InChI=1S/C12H18O2/c1-4-9-7(2)10-5-8(6-11(9)10)12(13)14-3/h5,7,9-11H,4,6H2,1-3H3/t7?,9-,10?,11?/m0/s1. The van der Waals surface area contributed by atoms with E-state index < -0.39 is 0 Å². The van der Waals surface area contributed by atoms with E-state index in [1.165, 1.54) is 13.5 Å². The minimum Gasteiger partial charge on any atom is -0.466 e. The molecule has 2 rings (SSSR count). The van der Waals surface area contributed by atoms with Crippen LogP contribution >= 0.6 is 0 Å². The van der Waals surface area contributed by atoms with E-state index >= 15 is 0 Å². The van der Waals surface area contributed by atoms with E-state index in [1.807, 2.05) is 0 Å². The largest absolute Gasteiger partial charge is 0.466 e. The number of ether oxygens (including phenoxy) is 1. The molecule has 2 aliphatic carbocycles. The Labute approximate surface area is 85.3 Å². The highest BCUT2D eigenvalue weighted by Crippen LogP contribution is 2.55. The van der Waals surface area contributed by atoms with Crippen LogP contribution in [0.3, 0.4) is 0 Å². The van der Waals surface area contributed by atoms with Gasteiger partial charge in [0.15, 0.2) is 0 Å². The van der Waals surface area contributed by atoms with Crippen LogP contribution in [-0.4, -0.2) is 13.1 Å². The number of hydrogen-bond acceptors (Lipinski definition) is 2. The number of allylic oxidation sites excluding steroid dienone is 1. The van der Waals surface area contributed by atoms with Gasteiger partial charge in [0.25, 0.3) is 0 Å². The molecule has 4 atom stereocenters. The zero-order valence-electron chi connectivity index (χ0n) is 9.12. The van der Waals surface area contributed by atoms with E-state index in [9.17, 15) is 4.79 Å². The molecule has 2 nitrogen and oxygen atoms in total. The fourth-order valence-electron chi connectivity index (χ4n) is 3.28. The van der Waals surface area contributed by atoms with Crippen molar-refractivity contribution >= 4 is 5.97 Å². The molecule has 0 aromatic carbocycles. The van der Waals surface area contributed by atoms with Gasteiger partial charge in [0, 0.05) is 5.57 Å². The zero-order valence-corrected chi connectivity index (χ0v) is 9.12. The number of carbonyl (C=O) groups excluding carboxylic acids is 1. The first-order valence-corrected chi connectivity index (χ1v) is 5.48. The molecule has 0 bridgehead atoms. The van der Waals surface area contributed by atoms with Crippen LogP contribution in [0.5, 0.6) is 0 Å². The molecule has 0 aromatic heterocycles. The summed E-state index contributed by atoms with van der Waals surface area (Å²) in [5.41, 5.74) is 0.908. The maximum absolute atomic E-state index is 11.3. The van der Waals surface area contributed by atoms with E-state index in [4.69, 9.17) is 4.74 Å². The van der Waals surface area contributed by atoms with Gasteiger partial charge in [-0.15, -0.1) is 0 Å². The molecule has 0 N–H and O–H groups in total. The molecule has 1 fully saturated rings. The van der Waals surface area contributed by atoms with Crippen LogP contribution in [0.4, 0.5) is 0 Å². The van der Waals surface area contributed by atoms with E-state index in [0.29, 0.717) is 5.92 Å². The number of esters is 1. The van der Waals surface area contributed by atoms with Crippen LogP contribution in [0.2, 0.25) is 0 Å². The van der Waals surface area contributed by atoms with Crippen molar-refractivity contribution in [1.29, 1.82) is 0 Å². The number of fused-ring (bicyclic) bond motifs is 1. The Bertz CT molecular complexity index is 280. The molecule has 2 aliphatic rings. The molecule has 0 radical (unpaired) electrons. The Balaban J connectivity index is 2.06. The van der Waals surface area contributed by atoms with Crippen LogP contribution in [-0.2, 0) is 9.53 Å². The second-order valence-electron chi connectivity index (χ2n) is 4.56. The lowest BCUT2D eigenvalue weighted by Gasteiger charge is -2.47. The van der Waals surface area contributed by atoms with Crippen LogP contribution in [0.1, 0.15) is 26.7 Å². The lowest BCUT2D eigenvalue weighted by Crippen LogP contribution is -2.41. The fraction of sp³-hybridized carbons (Fsp3) is 0.750. The van der Waals surface area contributed by atoms with Gasteiger partial charge in [0.2, 0.25) is 0 Å². The minimum atomic E-state index is -0.124. The van der Waals surface area contributed by atoms with E-state index in [1.54, 1.807) is 0 Å². The molecule has 0 amide bonds. The van der Waals surface area contributed by atoms with Gasteiger partial charge in [-0.05, 0) is 30.1 Å². The predicted octanol–water partition coefficient (Wildman–Crippen LogP) is 2.40. The Morgan fingerprint density at radius 3 is 2.93 bits per heavy atom. The summed E-state index contributed by atoms with van der Waals surface area (Å²) in [6, 6.07) is 0. The smallest absolute Gasteiger partial charge is 0.333 e. The van der Waals surface area contributed by atoms with Crippen molar-refractivity contribution in [3.8, 4) is 0 Å². The van der Waals surface area contributed by atoms with E-state index in [-0.39, 0.29) is 5.97 Å². The first-order valence-electron chi connectivity index (χ1n) is 5.48. The third kappa shape index (κ3) is 1.20. The molecule has 0 heterocycles. The average Bonchev–Trinajstić information content (AvgIpc) is 2.58. The van der Waals surface area contributed by atoms with Gasteiger partial charge in [-0.1, -0.05) is 26.3 Å². The van der Waals surface area contributed by atoms with Crippen LogP contribution in [0.15, 0.2) is 11.6 Å². The first kappa shape index (κ1) is 9.75. The molecule has 0 aliphatic heterocycles. The van der Waals surface area contributed by atoms with Gasteiger partial charge < -0.3 is 4.74 Å². The predicted molar refractivity (Wildman–Crippen MR) is 54.6 cm³/mol. The van der Waals surface area contributed by atoms with Gasteiger partial charge >= 0.3 is 5.97 Å². The summed E-state index contributed by atoms with van der Waals surface area (Å²) in [6.45, 7) is 4.54. The van der Waals surface area contributed by atoms with Gasteiger partial charge in [-0.25, -0.2) is 4.79 Å². The van der Waals surface area contributed by atoms with Crippen molar-refractivity contribution in [3.63, 3.8) is 0 Å². The number of methoxy groups -OCH3 is 1. The molecule has 1 saturated carbocycles. The van der Waals surface area contributed by atoms with Gasteiger partial charge in [0.1, 0.15) is 0 Å². The Morgan fingerprint density at radius 1 is 1.64 bits per heavy atom. The summed E-state index contributed by atoms with van der Waals surface area (Å²) < 4.78 is 4.76. The molecule has 0 aromatic rings. The molecule has 2 heteroatoms. The van der Waals surface area contributed by atoms with Crippen molar-refractivity contribution in [2.24, 2.45) is 23.7 Å². The molecular weight excluding hydrogens is 176 g/mol. The molecule has 3 unspecified atom stereocenters. The van der Waals surface area contributed by atoms with Gasteiger partial charge in [-0.3, -0.25) is 0 Å². The normalized spacial score (nSPS) is 39.8. The highest BCUT2D eigenvalue weighted by Gasteiger charge is 2.49. The summed E-state index contributed by atoms with van der Waals surface area (Å²) >= 11 is 0. The highest BCUT2D eigenvalue weighted by molar-refractivity contribution is 5.89. The van der Waals surface area contributed by atoms with Crippen LogP contribution in [0, 0.1) is 23.7 Å². The maximum atomic E-state index is 11.3. The van der Waals surface area contributed by atoms with Crippen molar-refractivity contribution in [2.45, 2.75) is 26.7 Å². The Morgan fingerprint density at radius 2 is 2.36 bits per heavy atom. The summed E-state index contributed by atoms with van der Waals surface area (Å²) in [5, 5.41) is 0. The SMILES string of the molecule is CC[C@H]1C(C)C2C=C(C(=O)OC)CC21. The fourth-order valence-corrected chi connectivity index (χ4v) is 3.28. The maximum Gasteiger partial charge on any atom is 0.333 e. The van der Waals surface area contributed by atoms with Crippen molar-refractivity contribution in [2.75, 3.05) is 7.11 Å². The molecular formula is C12H18O2. The summed E-state index contributed by atoms with van der Waals surface area (Å²) in [4.78, 5) is 11.3. The second-order valence-corrected chi connectivity index (χ2v) is 4.56. The minimum absolute atomic E-state index is 0.124. The zero-order chi connectivity index (χ0) is 10.3. The third-order valence-corrected chi connectivity index (χ3v) is 4.10. The topological polar surface area (TPSA) is 26.3 Å². The Hall–Kier alpha value is -0.790. The summed E-state index contributed by atoms with van der Waals surface area (Å²) in [7, 11) is 1.46. The summed E-state index contributed by atoms with van der Waals surface area (Å²) in [6.07, 6.45) is 4.33. The monoisotopic (exact) mass is 194 g/mol. The van der Waals surface area contributed by atoms with Crippen molar-refractivity contribution < 1.29 is 9.53 Å². The third-order valence-electron chi connectivity index (χ3n) is 4.10. The van der Waals surface area contributed by atoms with E-state index in [0.717, 1.165) is 29.7 Å². The molecule has 78 valence electrons. The summed E-state index contributed by atoms with van der Waals surface area (Å²) in [5.74, 6) is 2.82. The highest BCUT2D eigenvalue weighted by atomic mass is 16.5. The van der Waals surface area contributed by atoms with Gasteiger partial charge in [-0.2, -0.15) is 0 Å². The van der Waals surface area contributed by atoms with Crippen molar-refractivity contribution in [1.82, 2.24) is 0 Å².